The molecule has 0 aliphatic heterocycles. The molecule has 0 radical (unpaired) electrons. The highest BCUT2D eigenvalue weighted by Crippen LogP contribution is 2.35. The molecule has 0 bridgehead atoms. The highest BCUT2D eigenvalue weighted by atomic mass is 16.3. The molecular formula is C15H18O3. The largest absolute Gasteiger partial charge is 0.508 e. The van der Waals surface area contributed by atoms with Gasteiger partial charge in [0.15, 0.2) is 0 Å². The number of hydrogen-bond acceptors (Lipinski definition) is 3. The smallest absolute Gasteiger partial charge is 0.144 e. The number of rotatable bonds is 2. The van der Waals surface area contributed by atoms with Crippen LogP contribution >= 0.6 is 0 Å². The van der Waals surface area contributed by atoms with Crippen molar-refractivity contribution < 1.29 is 14.7 Å². The first-order valence-electron chi connectivity index (χ1n) is 6.21. The molecule has 0 unspecified atom stereocenters. The maximum atomic E-state index is 12.0. The summed E-state index contributed by atoms with van der Waals surface area (Å²) in [6.07, 6.45) is 1.40. The van der Waals surface area contributed by atoms with Crippen LogP contribution in [0, 0.1) is 11.3 Å². The van der Waals surface area contributed by atoms with Gasteiger partial charge in [0, 0.05) is 12.8 Å². The van der Waals surface area contributed by atoms with E-state index in [1.165, 1.54) is 0 Å². The SMILES string of the molecule is CC1(C)CC(=O)C(Cc2ccc(O)cc2)C(=O)C1. The van der Waals surface area contributed by atoms with E-state index in [9.17, 15) is 14.7 Å². The molecule has 0 atom stereocenters. The second-order valence-corrected chi connectivity index (χ2v) is 5.87. The molecule has 1 aliphatic carbocycles. The van der Waals surface area contributed by atoms with Crippen LogP contribution in [0.1, 0.15) is 32.3 Å². The zero-order valence-corrected chi connectivity index (χ0v) is 10.8. The third-order valence-electron chi connectivity index (χ3n) is 3.46. The second-order valence-electron chi connectivity index (χ2n) is 5.87. The number of phenolic OH excluding ortho intramolecular Hbond substituents is 1. The quantitative estimate of drug-likeness (QED) is 0.816. The average Bonchev–Trinajstić information content (AvgIpc) is 2.24. The normalized spacial score (nSPS) is 20.1. The van der Waals surface area contributed by atoms with E-state index in [1.807, 2.05) is 13.8 Å². The first-order valence-corrected chi connectivity index (χ1v) is 6.21. The fourth-order valence-electron chi connectivity index (χ4n) is 2.53. The van der Waals surface area contributed by atoms with Crippen LogP contribution in [-0.4, -0.2) is 16.7 Å². The van der Waals surface area contributed by atoms with Crippen molar-refractivity contribution in [1.82, 2.24) is 0 Å². The topological polar surface area (TPSA) is 54.4 Å². The number of hydrogen-bond donors (Lipinski definition) is 1. The third kappa shape index (κ3) is 2.78. The number of aromatic hydroxyl groups is 1. The van der Waals surface area contributed by atoms with E-state index in [1.54, 1.807) is 24.3 Å². The van der Waals surface area contributed by atoms with Crippen LogP contribution in [-0.2, 0) is 16.0 Å². The fraction of sp³-hybridized carbons (Fsp3) is 0.467. The van der Waals surface area contributed by atoms with Gasteiger partial charge in [0.25, 0.3) is 0 Å². The highest BCUT2D eigenvalue weighted by molar-refractivity contribution is 6.05. The van der Waals surface area contributed by atoms with Gasteiger partial charge in [-0.25, -0.2) is 0 Å². The van der Waals surface area contributed by atoms with Gasteiger partial charge in [0.2, 0.25) is 0 Å². The van der Waals surface area contributed by atoms with Crippen LogP contribution in [0.15, 0.2) is 24.3 Å². The van der Waals surface area contributed by atoms with Gasteiger partial charge in [-0.15, -0.1) is 0 Å². The summed E-state index contributed by atoms with van der Waals surface area (Å²) in [6.45, 7) is 3.92. The summed E-state index contributed by atoms with van der Waals surface area (Å²) in [7, 11) is 0. The van der Waals surface area contributed by atoms with Gasteiger partial charge in [0.05, 0.1) is 5.92 Å². The number of carbonyl (C=O) groups is 2. The first kappa shape index (κ1) is 12.8. The monoisotopic (exact) mass is 246 g/mol. The zero-order chi connectivity index (χ0) is 13.3. The molecule has 96 valence electrons. The number of Topliss-reactive ketones (excluding diaryl/α,β-unsaturated/α-hetero) is 2. The minimum Gasteiger partial charge on any atom is -0.508 e. The van der Waals surface area contributed by atoms with Gasteiger partial charge in [-0.1, -0.05) is 26.0 Å². The Bertz CT molecular complexity index is 451. The molecular weight excluding hydrogens is 228 g/mol. The molecule has 3 nitrogen and oxygen atoms in total. The molecule has 0 aromatic heterocycles. The molecule has 0 heterocycles. The van der Waals surface area contributed by atoms with Crippen LogP contribution < -0.4 is 0 Å². The van der Waals surface area contributed by atoms with Crippen molar-refractivity contribution in [2.75, 3.05) is 0 Å². The Labute approximate surface area is 107 Å². The summed E-state index contributed by atoms with van der Waals surface area (Å²) in [4.78, 5) is 24.0. The van der Waals surface area contributed by atoms with E-state index < -0.39 is 5.92 Å². The molecule has 1 aliphatic rings. The van der Waals surface area contributed by atoms with Crippen molar-refractivity contribution in [3.8, 4) is 5.75 Å². The summed E-state index contributed by atoms with van der Waals surface area (Å²) in [5.41, 5.74) is 0.721. The van der Waals surface area contributed by atoms with Gasteiger partial charge in [-0.2, -0.15) is 0 Å². The molecule has 1 saturated carbocycles. The summed E-state index contributed by atoms with van der Waals surface area (Å²) in [5.74, 6) is -0.211. The van der Waals surface area contributed by atoms with Gasteiger partial charge < -0.3 is 5.11 Å². The van der Waals surface area contributed by atoms with E-state index in [0.717, 1.165) is 5.56 Å². The first-order chi connectivity index (χ1) is 8.37. The van der Waals surface area contributed by atoms with E-state index in [2.05, 4.69) is 0 Å². The predicted molar refractivity (Wildman–Crippen MR) is 68.3 cm³/mol. The number of benzene rings is 1. The Morgan fingerprint density at radius 3 is 2.11 bits per heavy atom. The molecule has 18 heavy (non-hydrogen) atoms. The molecule has 0 saturated heterocycles. The predicted octanol–water partition coefficient (Wildman–Crippen LogP) is 2.51. The lowest BCUT2D eigenvalue weighted by molar-refractivity contribution is -0.139. The minimum absolute atomic E-state index is 0.0457. The standard InChI is InChI=1S/C15H18O3/c1-15(2)8-13(17)12(14(18)9-15)7-10-3-5-11(16)6-4-10/h3-6,12,16H,7-9H2,1-2H3. The molecule has 2 rings (SSSR count). The Morgan fingerprint density at radius 2 is 1.61 bits per heavy atom. The van der Waals surface area contributed by atoms with E-state index in [0.29, 0.717) is 19.3 Å². The van der Waals surface area contributed by atoms with Crippen LogP contribution in [0.2, 0.25) is 0 Å². The van der Waals surface area contributed by atoms with Gasteiger partial charge >= 0.3 is 0 Å². The fourth-order valence-corrected chi connectivity index (χ4v) is 2.53. The van der Waals surface area contributed by atoms with Crippen molar-refractivity contribution >= 4 is 11.6 Å². The van der Waals surface area contributed by atoms with Gasteiger partial charge in [-0.3, -0.25) is 9.59 Å². The van der Waals surface area contributed by atoms with Crippen molar-refractivity contribution in [2.24, 2.45) is 11.3 Å². The summed E-state index contributed by atoms with van der Waals surface area (Å²) < 4.78 is 0. The van der Waals surface area contributed by atoms with E-state index >= 15 is 0 Å². The van der Waals surface area contributed by atoms with E-state index in [4.69, 9.17) is 0 Å². The van der Waals surface area contributed by atoms with Crippen molar-refractivity contribution in [3.05, 3.63) is 29.8 Å². The molecule has 0 spiro atoms. The summed E-state index contributed by atoms with van der Waals surface area (Å²) in [5, 5.41) is 9.20. The highest BCUT2D eigenvalue weighted by Gasteiger charge is 2.39. The van der Waals surface area contributed by atoms with Crippen molar-refractivity contribution in [1.29, 1.82) is 0 Å². The molecule has 1 aromatic rings. The van der Waals surface area contributed by atoms with Crippen LogP contribution in [0.3, 0.4) is 0 Å². The number of phenols is 1. The minimum atomic E-state index is -0.498. The lowest BCUT2D eigenvalue weighted by atomic mass is 9.70. The second kappa shape index (κ2) is 4.56. The van der Waals surface area contributed by atoms with E-state index in [-0.39, 0.29) is 22.7 Å². The Kier molecular flexibility index (Phi) is 3.24. The van der Waals surface area contributed by atoms with Crippen LogP contribution in [0.5, 0.6) is 5.75 Å². The molecule has 1 N–H and O–H groups in total. The molecule has 3 heteroatoms. The molecule has 1 aromatic carbocycles. The number of ketones is 2. The van der Waals surface area contributed by atoms with Crippen molar-refractivity contribution in [3.63, 3.8) is 0 Å². The molecule has 0 amide bonds. The van der Waals surface area contributed by atoms with Gasteiger partial charge in [0.1, 0.15) is 17.3 Å². The van der Waals surface area contributed by atoms with Gasteiger partial charge in [-0.05, 0) is 29.5 Å². The summed E-state index contributed by atoms with van der Waals surface area (Å²) >= 11 is 0. The molecule has 1 fully saturated rings. The third-order valence-corrected chi connectivity index (χ3v) is 3.46. The Balaban J connectivity index is 2.12. The van der Waals surface area contributed by atoms with Crippen LogP contribution in [0.4, 0.5) is 0 Å². The van der Waals surface area contributed by atoms with Crippen LogP contribution in [0.25, 0.3) is 0 Å². The summed E-state index contributed by atoms with van der Waals surface area (Å²) in [6, 6.07) is 6.68. The Hall–Kier alpha value is -1.64. The maximum absolute atomic E-state index is 12.0. The lowest BCUT2D eigenvalue weighted by Crippen LogP contribution is -2.38. The zero-order valence-electron chi connectivity index (χ0n) is 10.8. The Morgan fingerprint density at radius 1 is 1.11 bits per heavy atom. The lowest BCUT2D eigenvalue weighted by Gasteiger charge is -2.32. The number of carbonyl (C=O) groups excluding carboxylic acids is 2. The van der Waals surface area contributed by atoms with Crippen molar-refractivity contribution in [2.45, 2.75) is 33.1 Å². The average molecular weight is 246 g/mol. The maximum Gasteiger partial charge on any atom is 0.144 e.